The molecule has 0 atom stereocenters. The first-order valence-electron chi connectivity index (χ1n) is 7.77. The van der Waals surface area contributed by atoms with Crippen LogP contribution in [0.15, 0.2) is 60.2 Å². The third kappa shape index (κ3) is 9.47. The number of allylic oxidation sites excluding steroid dienone is 4. The molecule has 2 aromatic rings. The van der Waals surface area contributed by atoms with E-state index in [1.54, 1.807) is 0 Å². The van der Waals surface area contributed by atoms with E-state index in [4.69, 9.17) is 0 Å². The second-order valence-electron chi connectivity index (χ2n) is 5.27. The molecule has 1 aliphatic carbocycles. The van der Waals surface area contributed by atoms with Gasteiger partial charge in [0.25, 0.3) is 0 Å². The minimum Gasteiger partial charge on any atom is -1.00 e. The van der Waals surface area contributed by atoms with Crippen molar-refractivity contribution in [2.24, 2.45) is 0 Å². The van der Waals surface area contributed by atoms with E-state index in [1.165, 1.54) is 48.4 Å². The molecule has 0 radical (unpaired) electrons. The van der Waals surface area contributed by atoms with E-state index in [0.717, 1.165) is 6.42 Å². The van der Waals surface area contributed by atoms with Gasteiger partial charge in [-0.2, -0.15) is 23.6 Å². The van der Waals surface area contributed by atoms with Crippen molar-refractivity contribution < 1.29 is 46.5 Å². The van der Waals surface area contributed by atoms with E-state index in [1.807, 2.05) is 0 Å². The summed E-state index contributed by atoms with van der Waals surface area (Å²) in [5.41, 5.74) is 1.43. The van der Waals surface area contributed by atoms with Crippen molar-refractivity contribution in [1.29, 1.82) is 0 Å². The largest absolute Gasteiger partial charge is 4.00 e. The molecule has 0 aliphatic heterocycles. The topological polar surface area (TPSA) is 0 Å². The summed E-state index contributed by atoms with van der Waals surface area (Å²) in [6.07, 6.45) is 15.5. The number of unbranched alkanes of at least 4 members (excludes halogenated alkanes) is 3. The number of fused-ring (bicyclic) bond motifs is 1. The molecule has 0 fully saturated rings. The van der Waals surface area contributed by atoms with Crippen molar-refractivity contribution in [2.45, 2.75) is 45.4 Å². The third-order valence-corrected chi connectivity index (χ3v) is 3.61. The van der Waals surface area contributed by atoms with Crippen molar-refractivity contribution in [1.82, 2.24) is 0 Å². The van der Waals surface area contributed by atoms with Crippen LogP contribution in [0.1, 0.15) is 45.4 Å². The van der Waals surface area contributed by atoms with Crippen LogP contribution < -0.4 is 24.8 Å². The average Bonchev–Trinajstić information content (AvgIpc) is 3.15. The molecule has 0 amide bonds. The van der Waals surface area contributed by atoms with Crippen LogP contribution in [0, 0.1) is 6.08 Å². The van der Waals surface area contributed by atoms with Crippen LogP contribution in [-0.4, -0.2) is 0 Å². The Bertz CT molecular complexity index is 540. The number of rotatable bonds is 5. The predicted octanol–water partition coefficient (Wildman–Crippen LogP) is 0.210. The van der Waals surface area contributed by atoms with Gasteiger partial charge in [0, 0.05) is 0 Å². The molecule has 23 heavy (non-hydrogen) atoms. The Labute approximate surface area is 168 Å². The van der Waals surface area contributed by atoms with Crippen LogP contribution in [0.4, 0.5) is 0 Å². The Balaban J connectivity index is 0. The third-order valence-electron chi connectivity index (χ3n) is 3.61. The first-order chi connectivity index (χ1) is 9.90. The Hall–Kier alpha value is -0.396. The fourth-order valence-electron chi connectivity index (χ4n) is 2.43. The molecule has 3 heteroatoms. The van der Waals surface area contributed by atoms with E-state index < -0.39 is 0 Å². The van der Waals surface area contributed by atoms with Crippen molar-refractivity contribution in [3.8, 4) is 0 Å². The van der Waals surface area contributed by atoms with Crippen LogP contribution in [-0.2, 0) is 21.7 Å². The molecule has 0 nitrogen and oxygen atoms in total. The van der Waals surface area contributed by atoms with Gasteiger partial charge < -0.3 is 24.8 Å². The Morgan fingerprint density at radius 1 is 1.04 bits per heavy atom. The summed E-state index contributed by atoms with van der Waals surface area (Å²) in [5.74, 6) is 0. The Morgan fingerprint density at radius 2 is 1.83 bits per heavy atom. The SMILES string of the molecule is CCCCCCC1=[C-]CC=C1.[Cl-].[Cl-].[Ti+4].c1ccc2[cH-]ccc2c1. The normalized spacial score (nSPS) is 11.4. The molecular formula is C20H24Cl2Ti. The minimum atomic E-state index is 0. The Morgan fingerprint density at radius 3 is 2.48 bits per heavy atom. The van der Waals surface area contributed by atoms with Gasteiger partial charge in [-0.05, 0) is 0 Å². The van der Waals surface area contributed by atoms with Gasteiger partial charge in [0.15, 0.2) is 0 Å². The maximum atomic E-state index is 3.34. The average molecular weight is 383 g/mol. The molecule has 0 bridgehead atoms. The quantitative estimate of drug-likeness (QED) is 0.394. The molecule has 3 rings (SSSR count). The summed E-state index contributed by atoms with van der Waals surface area (Å²) in [6.45, 7) is 2.25. The molecule has 0 aromatic heterocycles. The van der Waals surface area contributed by atoms with E-state index in [0.29, 0.717) is 0 Å². The molecule has 2 aromatic carbocycles. The first-order valence-corrected chi connectivity index (χ1v) is 7.77. The molecule has 122 valence electrons. The fourth-order valence-corrected chi connectivity index (χ4v) is 2.43. The molecule has 1 aliphatic rings. The summed E-state index contributed by atoms with van der Waals surface area (Å²) >= 11 is 0. The van der Waals surface area contributed by atoms with Crippen LogP contribution >= 0.6 is 0 Å². The van der Waals surface area contributed by atoms with Gasteiger partial charge in [-0.15, -0.1) is 36.1 Å². The summed E-state index contributed by atoms with van der Waals surface area (Å²) in [7, 11) is 0. The zero-order valence-electron chi connectivity index (χ0n) is 13.7. The van der Waals surface area contributed by atoms with E-state index in [2.05, 4.69) is 67.6 Å². The maximum Gasteiger partial charge on any atom is 4.00 e. The maximum absolute atomic E-state index is 3.34. The van der Waals surface area contributed by atoms with Crippen molar-refractivity contribution in [3.05, 3.63) is 66.3 Å². The number of hydrogen-bond acceptors (Lipinski definition) is 0. The van der Waals surface area contributed by atoms with Gasteiger partial charge in [-0.25, -0.2) is 11.6 Å². The van der Waals surface area contributed by atoms with E-state index in [-0.39, 0.29) is 46.5 Å². The molecular weight excluding hydrogens is 359 g/mol. The summed E-state index contributed by atoms with van der Waals surface area (Å²) in [4.78, 5) is 0. The van der Waals surface area contributed by atoms with Crippen molar-refractivity contribution in [3.63, 3.8) is 0 Å². The van der Waals surface area contributed by atoms with Gasteiger partial charge >= 0.3 is 21.7 Å². The van der Waals surface area contributed by atoms with Crippen LogP contribution in [0.5, 0.6) is 0 Å². The van der Waals surface area contributed by atoms with Crippen molar-refractivity contribution in [2.75, 3.05) is 0 Å². The molecule has 0 spiro atoms. The van der Waals surface area contributed by atoms with E-state index >= 15 is 0 Å². The smallest absolute Gasteiger partial charge is 1.00 e. The molecule has 0 unspecified atom stereocenters. The van der Waals surface area contributed by atoms with Gasteiger partial charge in [0.2, 0.25) is 0 Å². The second kappa shape index (κ2) is 15.2. The molecule has 0 N–H and O–H groups in total. The van der Waals surface area contributed by atoms with Crippen LogP contribution in [0.25, 0.3) is 10.8 Å². The summed E-state index contributed by atoms with van der Waals surface area (Å²) in [6, 6.07) is 14.7. The number of benzene rings is 1. The summed E-state index contributed by atoms with van der Waals surface area (Å²) in [5, 5.41) is 2.66. The zero-order chi connectivity index (χ0) is 14.0. The van der Waals surface area contributed by atoms with Gasteiger partial charge in [0.05, 0.1) is 0 Å². The van der Waals surface area contributed by atoms with Crippen molar-refractivity contribution >= 4 is 10.8 Å². The predicted molar refractivity (Wildman–Crippen MR) is 88.8 cm³/mol. The minimum absolute atomic E-state index is 0. The van der Waals surface area contributed by atoms with Gasteiger partial charge in [-0.3, -0.25) is 6.08 Å². The molecule has 0 saturated carbocycles. The van der Waals surface area contributed by atoms with E-state index in [9.17, 15) is 0 Å². The zero-order valence-corrected chi connectivity index (χ0v) is 16.8. The molecule has 0 saturated heterocycles. The monoisotopic (exact) mass is 382 g/mol. The van der Waals surface area contributed by atoms with Crippen LogP contribution in [0.3, 0.4) is 0 Å². The first kappa shape index (κ1) is 24.9. The van der Waals surface area contributed by atoms with Gasteiger partial charge in [-0.1, -0.05) is 45.1 Å². The second-order valence-corrected chi connectivity index (χ2v) is 5.27. The van der Waals surface area contributed by atoms with Crippen LogP contribution in [0.2, 0.25) is 0 Å². The number of halogens is 2. The fraction of sp³-hybridized carbons (Fsp3) is 0.350. The van der Waals surface area contributed by atoms with Gasteiger partial charge in [0.1, 0.15) is 0 Å². The number of hydrogen-bond donors (Lipinski definition) is 0. The molecule has 0 heterocycles. The standard InChI is InChI=1S/C11H17.C9H7.2ClH.Ti/c1-2-3-4-5-8-11-9-6-7-10-11;1-2-5-9-7-3-6-8(9)4-1;;;/h6,9H,2-5,7-8H2,1H3;1-7H;2*1H;/q2*-1;;;+4/p-2. The Kier molecular flexibility index (Phi) is 16.4. The summed E-state index contributed by atoms with van der Waals surface area (Å²) < 4.78 is 0.